The van der Waals surface area contributed by atoms with E-state index in [4.69, 9.17) is 17.3 Å². The van der Waals surface area contributed by atoms with Gasteiger partial charge in [0.15, 0.2) is 5.82 Å². The third-order valence-electron chi connectivity index (χ3n) is 3.15. The molecule has 0 atom stereocenters. The van der Waals surface area contributed by atoms with Crippen molar-refractivity contribution < 1.29 is 9.18 Å². The number of benzene rings is 1. The van der Waals surface area contributed by atoms with Gasteiger partial charge in [-0.1, -0.05) is 6.07 Å². The first-order chi connectivity index (χ1) is 8.86. The molecule has 0 aliphatic heterocycles. The molecule has 4 nitrogen and oxygen atoms in total. The van der Waals surface area contributed by atoms with Crippen LogP contribution in [0.15, 0.2) is 18.2 Å². The quantitative estimate of drug-likeness (QED) is 0.876. The first kappa shape index (κ1) is 13.8. The molecule has 2 aromatic rings. The largest absolute Gasteiger partial charge is 0.369 e. The normalized spacial score (nSPS) is 12.0. The van der Waals surface area contributed by atoms with E-state index in [0.29, 0.717) is 17.9 Å². The van der Waals surface area contributed by atoms with Crippen LogP contribution < -0.4 is 5.73 Å². The van der Waals surface area contributed by atoms with Crippen molar-refractivity contribution in [3.8, 4) is 0 Å². The molecule has 1 heterocycles. The lowest BCUT2D eigenvalue weighted by atomic mass is 9.92. The number of halogens is 2. The first-order valence-corrected chi connectivity index (χ1v) is 6.40. The van der Waals surface area contributed by atoms with Gasteiger partial charge >= 0.3 is 0 Å². The standard InChI is InChI=1S/C13H15ClFN3O/c1-13(2,12(16)19)7-18-9-5-3-4-8(15)11(9)17-10(18)6-14/h3-5H,6-7H2,1-2H3,(H2,16,19). The number of amides is 1. The molecule has 0 radical (unpaired) electrons. The van der Waals surface area contributed by atoms with Gasteiger partial charge in [0, 0.05) is 6.54 Å². The molecule has 0 saturated carbocycles. The number of primary amides is 1. The molecule has 6 heteroatoms. The monoisotopic (exact) mass is 283 g/mol. The van der Waals surface area contributed by atoms with Crippen molar-refractivity contribution in [2.24, 2.45) is 11.1 Å². The summed E-state index contributed by atoms with van der Waals surface area (Å²) in [6.07, 6.45) is 0. The number of nitrogens with zero attached hydrogens (tertiary/aromatic N) is 2. The number of rotatable bonds is 4. The van der Waals surface area contributed by atoms with Gasteiger partial charge in [-0.25, -0.2) is 9.37 Å². The van der Waals surface area contributed by atoms with Gasteiger partial charge in [0.05, 0.1) is 16.8 Å². The smallest absolute Gasteiger partial charge is 0.224 e. The third-order valence-corrected chi connectivity index (χ3v) is 3.39. The number of imidazole rings is 1. The van der Waals surface area contributed by atoms with E-state index < -0.39 is 17.1 Å². The minimum Gasteiger partial charge on any atom is -0.369 e. The summed E-state index contributed by atoms with van der Waals surface area (Å²) in [6.45, 7) is 3.78. The Kier molecular flexibility index (Phi) is 3.49. The Morgan fingerprint density at radius 2 is 2.21 bits per heavy atom. The molecule has 2 rings (SSSR count). The Bertz CT molecular complexity index is 636. The maximum absolute atomic E-state index is 13.7. The second-order valence-electron chi connectivity index (χ2n) is 5.10. The summed E-state index contributed by atoms with van der Waals surface area (Å²) >= 11 is 5.84. The number of hydrogen-bond donors (Lipinski definition) is 1. The van der Waals surface area contributed by atoms with E-state index in [0.717, 1.165) is 0 Å². The van der Waals surface area contributed by atoms with Crippen LogP contribution in [-0.4, -0.2) is 15.5 Å². The Labute approximate surface area is 115 Å². The molecule has 1 aromatic carbocycles. The Morgan fingerprint density at radius 3 is 2.79 bits per heavy atom. The predicted octanol–water partition coefficient (Wildman–Crippen LogP) is 2.43. The molecule has 19 heavy (non-hydrogen) atoms. The summed E-state index contributed by atoms with van der Waals surface area (Å²) < 4.78 is 15.4. The van der Waals surface area contributed by atoms with Crippen LogP contribution in [0.4, 0.5) is 4.39 Å². The minimum atomic E-state index is -0.763. The predicted molar refractivity (Wildman–Crippen MR) is 72.2 cm³/mol. The number of nitrogens with two attached hydrogens (primary N) is 1. The number of hydrogen-bond acceptors (Lipinski definition) is 2. The molecule has 0 saturated heterocycles. The molecule has 0 aliphatic rings. The van der Waals surface area contributed by atoms with Crippen molar-refractivity contribution in [3.05, 3.63) is 29.8 Å². The molecule has 0 spiro atoms. The van der Waals surface area contributed by atoms with Crippen LogP contribution >= 0.6 is 11.6 Å². The second-order valence-corrected chi connectivity index (χ2v) is 5.37. The van der Waals surface area contributed by atoms with Crippen molar-refractivity contribution in [1.82, 2.24) is 9.55 Å². The lowest BCUT2D eigenvalue weighted by molar-refractivity contribution is -0.126. The molecule has 2 N–H and O–H groups in total. The number of fused-ring (bicyclic) bond motifs is 1. The second kappa shape index (κ2) is 4.81. The Morgan fingerprint density at radius 1 is 1.53 bits per heavy atom. The van der Waals surface area contributed by atoms with E-state index in [1.54, 1.807) is 30.5 Å². The average molecular weight is 284 g/mol. The van der Waals surface area contributed by atoms with E-state index in [1.165, 1.54) is 6.07 Å². The zero-order chi connectivity index (χ0) is 14.2. The first-order valence-electron chi connectivity index (χ1n) is 5.86. The highest BCUT2D eigenvalue weighted by molar-refractivity contribution is 6.16. The van der Waals surface area contributed by atoms with Gasteiger partial charge in [-0.05, 0) is 26.0 Å². The zero-order valence-corrected chi connectivity index (χ0v) is 11.5. The van der Waals surface area contributed by atoms with E-state index in [1.807, 2.05) is 0 Å². The number of carbonyl (C=O) groups excluding carboxylic acids is 1. The van der Waals surface area contributed by atoms with Gasteiger partial charge in [-0.15, -0.1) is 11.6 Å². The van der Waals surface area contributed by atoms with Crippen LogP contribution in [0.3, 0.4) is 0 Å². The van der Waals surface area contributed by atoms with Gasteiger partial charge in [0.1, 0.15) is 11.3 Å². The molecule has 1 aromatic heterocycles. The van der Waals surface area contributed by atoms with Crippen LogP contribution in [0, 0.1) is 11.2 Å². The van der Waals surface area contributed by atoms with E-state index in [-0.39, 0.29) is 11.4 Å². The molecule has 0 fully saturated rings. The highest BCUT2D eigenvalue weighted by Crippen LogP contribution is 2.25. The van der Waals surface area contributed by atoms with Crippen molar-refractivity contribution in [2.75, 3.05) is 0 Å². The lowest BCUT2D eigenvalue weighted by Crippen LogP contribution is -2.35. The summed E-state index contributed by atoms with van der Waals surface area (Å²) in [5.41, 5.74) is 5.49. The maximum atomic E-state index is 13.7. The fourth-order valence-corrected chi connectivity index (χ4v) is 2.12. The van der Waals surface area contributed by atoms with Crippen molar-refractivity contribution in [2.45, 2.75) is 26.3 Å². The zero-order valence-electron chi connectivity index (χ0n) is 10.8. The lowest BCUT2D eigenvalue weighted by Gasteiger charge is -2.22. The topological polar surface area (TPSA) is 60.9 Å². The SMILES string of the molecule is CC(C)(Cn1c(CCl)nc2c(F)cccc21)C(N)=O. The molecular weight excluding hydrogens is 269 g/mol. The van der Waals surface area contributed by atoms with Crippen molar-refractivity contribution in [3.63, 3.8) is 0 Å². The van der Waals surface area contributed by atoms with Crippen molar-refractivity contribution in [1.29, 1.82) is 0 Å². The summed E-state index contributed by atoms with van der Waals surface area (Å²) in [5.74, 6) is -0.162. The van der Waals surface area contributed by atoms with Gasteiger partial charge in [0.25, 0.3) is 0 Å². The van der Waals surface area contributed by atoms with Gasteiger partial charge in [0.2, 0.25) is 5.91 Å². The molecule has 0 bridgehead atoms. The van der Waals surface area contributed by atoms with E-state index in [9.17, 15) is 9.18 Å². The highest BCUT2D eigenvalue weighted by atomic mass is 35.5. The molecule has 0 aliphatic carbocycles. The molecule has 102 valence electrons. The summed E-state index contributed by atoms with van der Waals surface area (Å²) in [7, 11) is 0. The fraction of sp³-hybridized carbons (Fsp3) is 0.385. The average Bonchev–Trinajstić information content (AvgIpc) is 2.68. The molecular formula is C13H15ClFN3O. The van der Waals surface area contributed by atoms with E-state index >= 15 is 0 Å². The third kappa shape index (κ3) is 2.42. The number of aromatic nitrogens is 2. The van der Waals surface area contributed by atoms with Crippen LogP contribution in [0.5, 0.6) is 0 Å². The fourth-order valence-electron chi connectivity index (χ4n) is 1.91. The van der Waals surface area contributed by atoms with Gasteiger partial charge < -0.3 is 10.3 Å². The van der Waals surface area contributed by atoms with Crippen LogP contribution in [0.2, 0.25) is 0 Å². The number of carbonyl (C=O) groups is 1. The summed E-state index contributed by atoms with van der Waals surface area (Å²) in [5, 5.41) is 0. The Hall–Kier alpha value is -1.62. The van der Waals surface area contributed by atoms with Crippen LogP contribution in [0.25, 0.3) is 11.0 Å². The molecule has 1 amide bonds. The van der Waals surface area contributed by atoms with Crippen LogP contribution in [-0.2, 0) is 17.2 Å². The minimum absolute atomic E-state index is 0.142. The van der Waals surface area contributed by atoms with Crippen LogP contribution in [0.1, 0.15) is 19.7 Å². The summed E-state index contributed by atoms with van der Waals surface area (Å²) in [6, 6.07) is 4.70. The molecule has 0 unspecified atom stereocenters. The number of alkyl halides is 1. The van der Waals surface area contributed by atoms with Gasteiger partial charge in [-0.3, -0.25) is 4.79 Å². The van der Waals surface area contributed by atoms with Crippen molar-refractivity contribution >= 4 is 28.5 Å². The highest BCUT2D eigenvalue weighted by Gasteiger charge is 2.27. The van der Waals surface area contributed by atoms with Gasteiger partial charge in [-0.2, -0.15) is 0 Å². The maximum Gasteiger partial charge on any atom is 0.224 e. The Balaban J connectivity index is 2.59. The number of para-hydroxylation sites is 1. The van der Waals surface area contributed by atoms with E-state index in [2.05, 4.69) is 4.98 Å². The summed E-state index contributed by atoms with van der Waals surface area (Å²) in [4.78, 5) is 15.6.